The van der Waals surface area contributed by atoms with Gasteiger partial charge in [0.1, 0.15) is 0 Å². The minimum absolute atomic E-state index is 0.0911. The predicted octanol–water partition coefficient (Wildman–Crippen LogP) is 1.88. The van der Waals surface area contributed by atoms with Crippen molar-refractivity contribution in [1.82, 2.24) is 9.80 Å². The van der Waals surface area contributed by atoms with Crippen molar-refractivity contribution in [3.05, 3.63) is 35.9 Å². The van der Waals surface area contributed by atoms with Gasteiger partial charge in [0.2, 0.25) is 5.91 Å². The molecule has 3 fully saturated rings. The molecule has 2 atom stereocenters. The molecule has 3 aliphatic rings. The standard InChI is InChI=1S/C16H20N2O3/c1-21-16(20)17-10-13-7-8-14(11-17)18(15(13)19)9-12-5-3-2-4-6-12/h2-6,13-14H,7-11H2,1H3/t13-,14+/m0/s1. The average molecular weight is 288 g/mol. The lowest BCUT2D eigenvalue weighted by atomic mass is 9.93. The second-order valence-electron chi connectivity index (χ2n) is 5.75. The van der Waals surface area contributed by atoms with Gasteiger partial charge in [-0.15, -0.1) is 0 Å². The molecule has 0 aliphatic carbocycles. The molecule has 0 unspecified atom stereocenters. The highest BCUT2D eigenvalue weighted by Crippen LogP contribution is 2.30. The number of fused-ring (bicyclic) bond motifs is 4. The van der Waals surface area contributed by atoms with Crippen molar-refractivity contribution in [2.24, 2.45) is 5.92 Å². The summed E-state index contributed by atoms with van der Waals surface area (Å²) in [7, 11) is 1.39. The maximum absolute atomic E-state index is 12.6. The normalized spacial score (nSPS) is 24.9. The largest absolute Gasteiger partial charge is 0.453 e. The molecule has 2 bridgehead atoms. The quantitative estimate of drug-likeness (QED) is 0.835. The van der Waals surface area contributed by atoms with Gasteiger partial charge >= 0.3 is 6.09 Å². The monoisotopic (exact) mass is 288 g/mol. The first kappa shape index (κ1) is 13.9. The first-order valence-electron chi connectivity index (χ1n) is 7.36. The molecule has 3 heterocycles. The van der Waals surface area contributed by atoms with E-state index in [9.17, 15) is 9.59 Å². The first-order chi connectivity index (χ1) is 10.2. The van der Waals surface area contributed by atoms with Crippen molar-refractivity contribution >= 4 is 12.0 Å². The highest BCUT2D eigenvalue weighted by Gasteiger charge is 2.42. The van der Waals surface area contributed by atoms with E-state index in [1.165, 1.54) is 7.11 Å². The fourth-order valence-electron chi connectivity index (χ4n) is 3.31. The van der Waals surface area contributed by atoms with Crippen LogP contribution in [0.2, 0.25) is 0 Å². The molecule has 5 heteroatoms. The summed E-state index contributed by atoms with van der Waals surface area (Å²) < 4.78 is 4.82. The van der Waals surface area contributed by atoms with Crippen LogP contribution in [-0.4, -0.2) is 48.0 Å². The number of piperidine rings is 1. The molecule has 0 aromatic heterocycles. The Morgan fingerprint density at radius 2 is 2.00 bits per heavy atom. The molecule has 5 nitrogen and oxygen atoms in total. The fourth-order valence-corrected chi connectivity index (χ4v) is 3.31. The van der Waals surface area contributed by atoms with Crippen LogP contribution >= 0.6 is 0 Å². The van der Waals surface area contributed by atoms with E-state index >= 15 is 0 Å². The number of carbonyl (C=O) groups is 2. The van der Waals surface area contributed by atoms with Crippen LogP contribution in [0.15, 0.2) is 30.3 Å². The summed E-state index contributed by atoms with van der Waals surface area (Å²) in [6.07, 6.45) is 1.49. The average Bonchev–Trinajstić information content (AvgIpc) is 2.81. The van der Waals surface area contributed by atoms with Crippen molar-refractivity contribution in [3.8, 4) is 0 Å². The van der Waals surface area contributed by atoms with E-state index in [0.717, 1.165) is 18.4 Å². The summed E-state index contributed by atoms with van der Waals surface area (Å²) in [5.74, 6) is 0.0769. The highest BCUT2D eigenvalue weighted by atomic mass is 16.5. The number of rotatable bonds is 2. The summed E-state index contributed by atoms with van der Waals surface area (Å²) in [5, 5.41) is 0. The SMILES string of the molecule is COC(=O)N1C[C@@H]2CC[C@H](C1)N(Cc1ccccc1)C2=O. The van der Waals surface area contributed by atoms with Crippen molar-refractivity contribution in [2.45, 2.75) is 25.4 Å². The van der Waals surface area contributed by atoms with Gasteiger partial charge in [-0.05, 0) is 18.4 Å². The van der Waals surface area contributed by atoms with E-state index in [4.69, 9.17) is 4.74 Å². The number of carbonyl (C=O) groups excluding carboxylic acids is 2. The fraction of sp³-hybridized carbons (Fsp3) is 0.500. The maximum atomic E-state index is 12.6. The van der Waals surface area contributed by atoms with Crippen LogP contribution < -0.4 is 0 Å². The number of hydrogen-bond acceptors (Lipinski definition) is 3. The molecular formula is C16H20N2O3. The number of methoxy groups -OCH3 is 1. The molecular weight excluding hydrogens is 268 g/mol. The zero-order valence-corrected chi connectivity index (χ0v) is 12.2. The van der Waals surface area contributed by atoms with Gasteiger partial charge in [0, 0.05) is 25.7 Å². The van der Waals surface area contributed by atoms with Crippen molar-refractivity contribution < 1.29 is 14.3 Å². The lowest BCUT2D eigenvalue weighted by Crippen LogP contribution is -2.47. The van der Waals surface area contributed by atoms with Crippen LogP contribution in [0.5, 0.6) is 0 Å². The number of amides is 2. The molecule has 1 aromatic carbocycles. The van der Waals surface area contributed by atoms with Gasteiger partial charge in [0.05, 0.1) is 13.0 Å². The van der Waals surface area contributed by atoms with Crippen molar-refractivity contribution in [2.75, 3.05) is 20.2 Å². The third kappa shape index (κ3) is 2.73. The van der Waals surface area contributed by atoms with Gasteiger partial charge < -0.3 is 14.5 Å². The summed E-state index contributed by atoms with van der Waals surface area (Å²) in [6, 6.07) is 10.1. The Balaban J connectivity index is 1.79. The molecule has 21 heavy (non-hydrogen) atoms. The Labute approximate surface area is 124 Å². The molecule has 0 saturated carbocycles. The Kier molecular flexibility index (Phi) is 3.82. The molecule has 3 aliphatic heterocycles. The van der Waals surface area contributed by atoms with E-state index in [1.54, 1.807) is 4.90 Å². The van der Waals surface area contributed by atoms with E-state index in [-0.39, 0.29) is 24.0 Å². The van der Waals surface area contributed by atoms with E-state index in [0.29, 0.717) is 19.6 Å². The maximum Gasteiger partial charge on any atom is 0.409 e. The number of nitrogens with zero attached hydrogens (tertiary/aromatic N) is 2. The van der Waals surface area contributed by atoms with Gasteiger partial charge in [-0.3, -0.25) is 4.79 Å². The Hall–Kier alpha value is -2.04. The third-order valence-electron chi connectivity index (χ3n) is 4.42. The van der Waals surface area contributed by atoms with E-state index < -0.39 is 0 Å². The van der Waals surface area contributed by atoms with E-state index in [2.05, 4.69) is 0 Å². The lowest BCUT2D eigenvalue weighted by molar-refractivity contribution is -0.140. The summed E-state index contributed by atoms with van der Waals surface area (Å²) in [6.45, 7) is 1.67. The molecule has 112 valence electrons. The Bertz CT molecular complexity index is 532. The molecule has 0 N–H and O–H groups in total. The molecule has 2 amide bonds. The van der Waals surface area contributed by atoms with Gasteiger partial charge in [-0.25, -0.2) is 4.79 Å². The molecule has 0 spiro atoms. The van der Waals surface area contributed by atoms with E-state index in [1.807, 2.05) is 35.2 Å². The van der Waals surface area contributed by atoms with Crippen LogP contribution in [0.4, 0.5) is 4.79 Å². The van der Waals surface area contributed by atoms with Crippen LogP contribution in [0, 0.1) is 5.92 Å². The second kappa shape index (κ2) is 5.76. The smallest absolute Gasteiger partial charge is 0.409 e. The zero-order valence-electron chi connectivity index (χ0n) is 12.2. The minimum atomic E-state index is -0.332. The summed E-state index contributed by atoms with van der Waals surface area (Å²) >= 11 is 0. The Morgan fingerprint density at radius 3 is 2.71 bits per heavy atom. The van der Waals surface area contributed by atoms with Crippen LogP contribution in [0.3, 0.4) is 0 Å². The number of benzene rings is 1. The predicted molar refractivity (Wildman–Crippen MR) is 77.5 cm³/mol. The highest BCUT2D eigenvalue weighted by molar-refractivity contribution is 5.82. The molecule has 1 aromatic rings. The van der Waals surface area contributed by atoms with Crippen molar-refractivity contribution in [3.63, 3.8) is 0 Å². The lowest BCUT2D eigenvalue weighted by Gasteiger charge is -2.35. The van der Waals surface area contributed by atoms with Crippen LogP contribution in [0.25, 0.3) is 0 Å². The van der Waals surface area contributed by atoms with Gasteiger partial charge in [-0.1, -0.05) is 30.3 Å². The van der Waals surface area contributed by atoms with Crippen LogP contribution in [-0.2, 0) is 16.1 Å². The summed E-state index contributed by atoms with van der Waals surface area (Å²) in [4.78, 5) is 28.0. The number of hydrogen-bond donors (Lipinski definition) is 0. The summed E-state index contributed by atoms with van der Waals surface area (Å²) in [5.41, 5.74) is 1.13. The Morgan fingerprint density at radius 1 is 1.24 bits per heavy atom. The first-order valence-corrected chi connectivity index (χ1v) is 7.36. The van der Waals surface area contributed by atoms with Crippen molar-refractivity contribution in [1.29, 1.82) is 0 Å². The zero-order chi connectivity index (χ0) is 14.8. The molecule has 0 radical (unpaired) electrons. The van der Waals surface area contributed by atoms with Gasteiger partial charge in [-0.2, -0.15) is 0 Å². The van der Waals surface area contributed by atoms with Crippen LogP contribution in [0.1, 0.15) is 18.4 Å². The third-order valence-corrected chi connectivity index (χ3v) is 4.42. The molecule has 4 rings (SSSR count). The molecule has 3 saturated heterocycles. The van der Waals surface area contributed by atoms with Gasteiger partial charge in [0.25, 0.3) is 0 Å². The minimum Gasteiger partial charge on any atom is -0.453 e. The number of ether oxygens (including phenoxy) is 1. The second-order valence-corrected chi connectivity index (χ2v) is 5.75. The van der Waals surface area contributed by atoms with Gasteiger partial charge in [0.15, 0.2) is 0 Å². The topological polar surface area (TPSA) is 49.9 Å².